The van der Waals surface area contributed by atoms with Crippen molar-refractivity contribution in [3.63, 3.8) is 0 Å². The first-order valence-electron chi connectivity index (χ1n) is 22.1. The Labute approximate surface area is 357 Å². The summed E-state index contributed by atoms with van der Waals surface area (Å²) in [6.45, 7) is 7.25. The molecule has 0 nitrogen and oxygen atoms in total. The molecule has 0 aromatic heterocycles. The zero-order valence-electron chi connectivity index (χ0n) is 35.2. The van der Waals surface area contributed by atoms with Crippen molar-refractivity contribution < 1.29 is 0 Å². The number of fused-ring (bicyclic) bond motifs is 3. The molecule has 1 atom stereocenters. The van der Waals surface area contributed by atoms with Crippen LogP contribution in [0.4, 0.5) is 0 Å². The minimum absolute atomic E-state index is 0.0133. The highest BCUT2D eigenvalue weighted by atomic mass is 14.4. The molecule has 1 unspecified atom stereocenters. The van der Waals surface area contributed by atoms with Gasteiger partial charge in [-0.3, -0.25) is 0 Å². The molecule has 1 fully saturated rings. The third-order valence-electron chi connectivity index (χ3n) is 14.3. The standard InChI is InChI=1S/C60H54/c1-42-37-39-60(40-38-42,50-32-27-47(28-33-50)56(44-19-10-5-11-20-44)45-21-12-6-13-22-45)51-34-29-48(30-35-51)57(46-23-14-7-15-24-46)49-31-36-53-55(41-49)59(2,3)54-26-16-25-52(58(53)54)43-17-8-4-9-18-43/h4-36,41-42,56-57H,37-40H2,1-3H3. The molecule has 1 saturated carbocycles. The molecule has 2 aliphatic carbocycles. The quantitative estimate of drug-likeness (QED) is 0.128. The summed E-state index contributed by atoms with van der Waals surface area (Å²) in [5.41, 5.74) is 18.9. The number of hydrogen-bond acceptors (Lipinski definition) is 0. The third kappa shape index (κ3) is 6.73. The Hall–Kier alpha value is -6.24. The molecule has 8 aromatic rings. The zero-order chi connectivity index (χ0) is 40.7. The third-order valence-corrected chi connectivity index (χ3v) is 14.3. The Morgan fingerprint density at radius 2 is 0.833 bits per heavy atom. The molecule has 0 heteroatoms. The van der Waals surface area contributed by atoms with E-state index in [1.165, 1.54) is 104 Å². The van der Waals surface area contributed by atoms with Crippen LogP contribution in [0.3, 0.4) is 0 Å². The van der Waals surface area contributed by atoms with Gasteiger partial charge in [-0.1, -0.05) is 227 Å². The molecule has 0 saturated heterocycles. The van der Waals surface area contributed by atoms with Crippen molar-refractivity contribution in [1.82, 2.24) is 0 Å². The molecule has 10 rings (SSSR count). The minimum atomic E-state index is -0.112. The SMILES string of the molecule is CC1CCC(c2ccc(C(c3ccccc3)c3ccccc3)cc2)(c2ccc(C(c3ccccc3)c3ccc4c(c3)C(C)(C)c3cccc(-c5ccccc5)c3-4)cc2)CC1. The van der Waals surface area contributed by atoms with Crippen LogP contribution in [0.1, 0.15) is 114 Å². The van der Waals surface area contributed by atoms with Crippen LogP contribution in [0, 0.1) is 5.92 Å². The molecule has 0 heterocycles. The zero-order valence-corrected chi connectivity index (χ0v) is 35.2. The van der Waals surface area contributed by atoms with Crippen LogP contribution in [0.15, 0.2) is 206 Å². The van der Waals surface area contributed by atoms with Crippen LogP contribution in [-0.2, 0) is 10.8 Å². The largest absolute Gasteiger partial charge is 0.0625 e. The Balaban J connectivity index is 1.03. The summed E-state index contributed by atoms with van der Waals surface area (Å²) in [6, 6.07) is 77.8. The van der Waals surface area contributed by atoms with Crippen molar-refractivity contribution in [1.29, 1.82) is 0 Å². The van der Waals surface area contributed by atoms with Gasteiger partial charge in [-0.25, -0.2) is 0 Å². The Kier molecular flexibility index (Phi) is 9.97. The summed E-state index contributed by atoms with van der Waals surface area (Å²) in [4.78, 5) is 0. The van der Waals surface area contributed by atoms with E-state index in [1.54, 1.807) is 0 Å². The minimum Gasteiger partial charge on any atom is -0.0625 e. The highest BCUT2D eigenvalue weighted by Gasteiger charge is 2.39. The lowest BCUT2D eigenvalue weighted by molar-refractivity contribution is 0.280. The molecule has 8 aromatic carbocycles. The van der Waals surface area contributed by atoms with Crippen LogP contribution in [0.2, 0.25) is 0 Å². The maximum atomic E-state index is 2.53. The van der Waals surface area contributed by atoms with Crippen molar-refractivity contribution in [2.75, 3.05) is 0 Å². The van der Waals surface area contributed by atoms with Gasteiger partial charge in [0.05, 0.1) is 0 Å². The highest BCUT2D eigenvalue weighted by molar-refractivity contribution is 5.92. The van der Waals surface area contributed by atoms with Gasteiger partial charge in [0.2, 0.25) is 0 Å². The first-order chi connectivity index (χ1) is 29.4. The van der Waals surface area contributed by atoms with Crippen LogP contribution in [-0.4, -0.2) is 0 Å². The summed E-state index contributed by atoms with van der Waals surface area (Å²) in [7, 11) is 0. The van der Waals surface area contributed by atoms with Crippen molar-refractivity contribution in [3.05, 3.63) is 262 Å². The van der Waals surface area contributed by atoms with Crippen LogP contribution < -0.4 is 0 Å². The van der Waals surface area contributed by atoms with Crippen molar-refractivity contribution >= 4 is 0 Å². The second-order valence-electron chi connectivity index (χ2n) is 18.1. The summed E-state index contributed by atoms with van der Waals surface area (Å²) in [5.74, 6) is 1.06. The highest BCUT2D eigenvalue weighted by Crippen LogP contribution is 2.53. The Morgan fingerprint density at radius 3 is 1.33 bits per heavy atom. The van der Waals surface area contributed by atoms with Gasteiger partial charge in [0.15, 0.2) is 0 Å². The van der Waals surface area contributed by atoms with Crippen molar-refractivity contribution in [2.45, 2.75) is 69.1 Å². The van der Waals surface area contributed by atoms with Gasteiger partial charge < -0.3 is 0 Å². The van der Waals surface area contributed by atoms with E-state index in [0.717, 1.165) is 5.92 Å². The first-order valence-corrected chi connectivity index (χ1v) is 22.1. The van der Waals surface area contributed by atoms with E-state index in [0.29, 0.717) is 0 Å². The Bertz CT molecular complexity index is 2660. The van der Waals surface area contributed by atoms with E-state index in [2.05, 4.69) is 227 Å². The first kappa shape index (κ1) is 38.0. The van der Waals surface area contributed by atoms with Crippen LogP contribution >= 0.6 is 0 Å². The lowest BCUT2D eigenvalue weighted by Gasteiger charge is -2.41. The Morgan fingerprint density at radius 1 is 0.400 bits per heavy atom. The second-order valence-corrected chi connectivity index (χ2v) is 18.1. The topological polar surface area (TPSA) is 0 Å². The molecular formula is C60H54. The monoisotopic (exact) mass is 774 g/mol. The summed E-state index contributed by atoms with van der Waals surface area (Å²) in [6.07, 6.45) is 4.82. The molecule has 2 aliphatic rings. The van der Waals surface area contributed by atoms with Gasteiger partial charge in [0.25, 0.3) is 0 Å². The van der Waals surface area contributed by atoms with E-state index < -0.39 is 0 Å². The molecular weight excluding hydrogens is 721 g/mol. The van der Waals surface area contributed by atoms with Gasteiger partial charge in [-0.15, -0.1) is 0 Å². The number of rotatable bonds is 9. The fourth-order valence-corrected chi connectivity index (χ4v) is 10.9. The normalized spacial score (nSPS) is 18.4. The van der Waals surface area contributed by atoms with E-state index in [9.17, 15) is 0 Å². The fraction of sp³-hybridized carbons (Fsp3) is 0.200. The lowest BCUT2D eigenvalue weighted by Crippen LogP contribution is -2.32. The molecule has 0 aliphatic heterocycles. The van der Waals surface area contributed by atoms with Gasteiger partial charge in [0, 0.05) is 22.7 Å². The van der Waals surface area contributed by atoms with Crippen LogP contribution in [0.5, 0.6) is 0 Å². The molecule has 60 heavy (non-hydrogen) atoms. The predicted octanol–water partition coefficient (Wildman–Crippen LogP) is 15.5. The molecule has 0 amide bonds. The molecule has 0 N–H and O–H groups in total. The summed E-state index contributed by atoms with van der Waals surface area (Å²) < 4.78 is 0. The maximum Gasteiger partial charge on any atom is 0.0340 e. The fourth-order valence-electron chi connectivity index (χ4n) is 10.9. The van der Waals surface area contributed by atoms with Gasteiger partial charge in [-0.05, 0) is 109 Å². The van der Waals surface area contributed by atoms with E-state index >= 15 is 0 Å². The number of benzene rings is 8. The number of hydrogen-bond donors (Lipinski definition) is 0. The van der Waals surface area contributed by atoms with Gasteiger partial charge in [-0.2, -0.15) is 0 Å². The van der Waals surface area contributed by atoms with E-state index in [4.69, 9.17) is 0 Å². The maximum absolute atomic E-state index is 2.53. The van der Waals surface area contributed by atoms with E-state index in [-0.39, 0.29) is 22.7 Å². The lowest BCUT2D eigenvalue weighted by atomic mass is 9.63. The summed E-state index contributed by atoms with van der Waals surface area (Å²) >= 11 is 0. The average Bonchev–Trinajstić information content (AvgIpc) is 3.54. The molecule has 294 valence electrons. The molecule has 0 bridgehead atoms. The smallest absolute Gasteiger partial charge is 0.0340 e. The van der Waals surface area contributed by atoms with Crippen LogP contribution in [0.25, 0.3) is 22.3 Å². The van der Waals surface area contributed by atoms with E-state index in [1.807, 2.05) is 0 Å². The molecule has 0 radical (unpaired) electrons. The van der Waals surface area contributed by atoms with Crippen molar-refractivity contribution in [2.24, 2.45) is 5.92 Å². The van der Waals surface area contributed by atoms with Crippen molar-refractivity contribution in [3.8, 4) is 22.3 Å². The summed E-state index contributed by atoms with van der Waals surface area (Å²) in [5, 5.41) is 0. The average molecular weight is 775 g/mol. The molecule has 0 spiro atoms. The second kappa shape index (κ2) is 15.7. The van der Waals surface area contributed by atoms with Gasteiger partial charge >= 0.3 is 0 Å². The van der Waals surface area contributed by atoms with Gasteiger partial charge in [0.1, 0.15) is 0 Å². The predicted molar refractivity (Wildman–Crippen MR) is 252 cm³/mol.